The molecule has 0 heterocycles. The summed E-state index contributed by atoms with van der Waals surface area (Å²) in [6.07, 6.45) is 0.939. The van der Waals surface area contributed by atoms with Gasteiger partial charge in [0.05, 0.1) is 6.54 Å². The van der Waals surface area contributed by atoms with Crippen LogP contribution in [0.2, 0.25) is 0 Å². The number of carbonyl (C=O) groups is 1. The molecule has 0 spiro atoms. The van der Waals surface area contributed by atoms with Crippen LogP contribution in [0.15, 0.2) is 89.9 Å². The van der Waals surface area contributed by atoms with E-state index in [0.29, 0.717) is 18.2 Å². The quantitative estimate of drug-likeness (QED) is 0.180. The maximum atomic E-state index is 10.9. The summed E-state index contributed by atoms with van der Waals surface area (Å²) in [5.74, 6) is 1.18. The summed E-state index contributed by atoms with van der Waals surface area (Å²) in [4.78, 5) is 15.6. The van der Waals surface area contributed by atoms with Crippen LogP contribution >= 0.6 is 24.0 Å². The van der Waals surface area contributed by atoms with E-state index in [-0.39, 0.29) is 30.6 Å². The first-order valence-electron chi connectivity index (χ1n) is 11.3. The van der Waals surface area contributed by atoms with E-state index >= 15 is 0 Å². The molecular weight excluding hydrogens is 539 g/mol. The van der Waals surface area contributed by atoms with E-state index in [0.717, 1.165) is 31.0 Å². The number of hydrogen-bond acceptors (Lipinski definition) is 3. The standard InChI is InChI=1S/C27H32N4O2.HI/c1-2-29-27(31-19-21-10-9-15-24(18-21)33-20-26(28)32)30-17-16-25(22-11-5-3-6-12-22)23-13-7-4-8-14-23;/h3-15,18,25H,2,16-17,19-20H2,1H3,(H2,28,32)(H2,29,30,31);1H. The summed E-state index contributed by atoms with van der Waals surface area (Å²) in [5, 5.41) is 6.77. The van der Waals surface area contributed by atoms with Crippen molar-refractivity contribution >= 4 is 35.8 Å². The molecule has 0 unspecified atom stereocenters. The van der Waals surface area contributed by atoms with Gasteiger partial charge in [-0.25, -0.2) is 4.99 Å². The van der Waals surface area contributed by atoms with Gasteiger partial charge in [-0.2, -0.15) is 0 Å². The SMILES string of the molecule is CCNC(=NCc1cccc(OCC(N)=O)c1)NCCC(c1ccccc1)c1ccccc1.I. The van der Waals surface area contributed by atoms with Crippen LogP contribution in [0.3, 0.4) is 0 Å². The van der Waals surface area contributed by atoms with Gasteiger partial charge in [-0.3, -0.25) is 4.79 Å². The molecule has 0 atom stereocenters. The summed E-state index contributed by atoms with van der Waals surface area (Å²) < 4.78 is 5.38. The summed E-state index contributed by atoms with van der Waals surface area (Å²) in [7, 11) is 0. The Kier molecular flexibility index (Phi) is 12.0. The topological polar surface area (TPSA) is 88.7 Å². The van der Waals surface area contributed by atoms with Crippen molar-refractivity contribution in [2.24, 2.45) is 10.7 Å². The van der Waals surface area contributed by atoms with Crippen LogP contribution in [-0.4, -0.2) is 31.6 Å². The highest BCUT2D eigenvalue weighted by Crippen LogP contribution is 2.27. The molecule has 0 fully saturated rings. The number of halogens is 1. The van der Waals surface area contributed by atoms with E-state index in [1.54, 1.807) is 6.07 Å². The molecule has 0 saturated carbocycles. The Labute approximate surface area is 219 Å². The fourth-order valence-corrected chi connectivity index (χ4v) is 3.63. The van der Waals surface area contributed by atoms with Crippen molar-refractivity contribution in [1.82, 2.24) is 10.6 Å². The molecule has 3 rings (SSSR count). The molecule has 0 bridgehead atoms. The number of nitrogens with zero attached hydrogens (tertiary/aromatic N) is 1. The van der Waals surface area contributed by atoms with E-state index in [1.165, 1.54) is 11.1 Å². The van der Waals surface area contributed by atoms with Crippen LogP contribution in [0, 0.1) is 0 Å². The first-order valence-corrected chi connectivity index (χ1v) is 11.3. The average Bonchev–Trinajstić information content (AvgIpc) is 2.85. The molecule has 180 valence electrons. The number of nitrogens with one attached hydrogen (secondary N) is 2. The number of benzene rings is 3. The molecule has 1 amide bonds. The van der Waals surface area contributed by atoms with Gasteiger partial charge in [0.1, 0.15) is 5.75 Å². The first-order chi connectivity index (χ1) is 16.2. The number of ether oxygens (including phenoxy) is 1. The van der Waals surface area contributed by atoms with E-state index in [9.17, 15) is 4.79 Å². The van der Waals surface area contributed by atoms with Gasteiger partial charge in [0, 0.05) is 19.0 Å². The average molecular weight is 572 g/mol. The lowest BCUT2D eigenvalue weighted by atomic mass is 9.88. The zero-order valence-corrected chi connectivity index (χ0v) is 21.8. The molecule has 0 aromatic heterocycles. The fraction of sp³-hybridized carbons (Fsp3) is 0.259. The van der Waals surface area contributed by atoms with Crippen LogP contribution in [0.25, 0.3) is 0 Å². The van der Waals surface area contributed by atoms with Gasteiger partial charge in [0.25, 0.3) is 5.91 Å². The third-order valence-electron chi connectivity index (χ3n) is 5.17. The van der Waals surface area contributed by atoms with Crippen LogP contribution in [-0.2, 0) is 11.3 Å². The Balaban J connectivity index is 0.00000408. The minimum absolute atomic E-state index is 0. The van der Waals surface area contributed by atoms with Gasteiger partial charge in [-0.1, -0.05) is 72.8 Å². The normalized spacial score (nSPS) is 10.9. The predicted octanol–water partition coefficient (Wildman–Crippen LogP) is 4.45. The Morgan fingerprint density at radius 1 is 0.941 bits per heavy atom. The molecule has 3 aromatic rings. The molecule has 3 aromatic carbocycles. The van der Waals surface area contributed by atoms with E-state index < -0.39 is 5.91 Å². The number of guanidine groups is 1. The maximum Gasteiger partial charge on any atom is 0.255 e. The number of aliphatic imine (C=N–C) groups is 1. The number of primary amides is 1. The Hall–Kier alpha value is -3.07. The predicted molar refractivity (Wildman–Crippen MR) is 149 cm³/mol. The smallest absolute Gasteiger partial charge is 0.255 e. The highest BCUT2D eigenvalue weighted by molar-refractivity contribution is 14.0. The summed E-state index contributed by atoms with van der Waals surface area (Å²) >= 11 is 0. The van der Waals surface area contributed by atoms with Gasteiger partial charge in [-0.05, 0) is 42.2 Å². The van der Waals surface area contributed by atoms with E-state index in [1.807, 2.05) is 37.3 Å². The van der Waals surface area contributed by atoms with Crippen molar-refractivity contribution in [2.75, 3.05) is 19.7 Å². The Morgan fingerprint density at radius 2 is 1.59 bits per heavy atom. The lowest BCUT2D eigenvalue weighted by molar-refractivity contribution is -0.119. The van der Waals surface area contributed by atoms with Crippen molar-refractivity contribution < 1.29 is 9.53 Å². The number of amides is 1. The Morgan fingerprint density at radius 3 is 2.18 bits per heavy atom. The molecule has 0 saturated heterocycles. The van der Waals surface area contributed by atoms with Crippen LogP contribution in [0.5, 0.6) is 5.75 Å². The highest BCUT2D eigenvalue weighted by Gasteiger charge is 2.13. The van der Waals surface area contributed by atoms with Crippen molar-refractivity contribution in [2.45, 2.75) is 25.8 Å². The van der Waals surface area contributed by atoms with Crippen LogP contribution in [0.1, 0.15) is 36.0 Å². The number of carbonyl (C=O) groups excluding carboxylic acids is 1. The highest BCUT2D eigenvalue weighted by atomic mass is 127. The maximum absolute atomic E-state index is 10.9. The van der Waals surface area contributed by atoms with Gasteiger partial charge < -0.3 is 21.1 Å². The second-order valence-corrected chi connectivity index (χ2v) is 7.69. The third-order valence-corrected chi connectivity index (χ3v) is 5.17. The van der Waals surface area contributed by atoms with E-state index in [2.05, 4.69) is 59.2 Å². The van der Waals surface area contributed by atoms with Crippen LogP contribution < -0.4 is 21.1 Å². The minimum Gasteiger partial charge on any atom is -0.484 e. The largest absolute Gasteiger partial charge is 0.484 e. The third kappa shape index (κ3) is 9.05. The number of nitrogens with two attached hydrogens (primary N) is 1. The van der Waals surface area contributed by atoms with Gasteiger partial charge in [0.2, 0.25) is 0 Å². The number of hydrogen-bond donors (Lipinski definition) is 3. The minimum atomic E-state index is -0.499. The second-order valence-electron chi connectivity index (χ2n) is 7.69. The van der Waals surface area contributed by atoms with Gasteiger partial charge >= 0.3 is 0 Å². The van der Waals surface area contributed by atoms with Crippen molar-refractivity contribution in [3.05, 3.63) is 102 Å². The molecule has 6 nitrogen and oxygen atoms in total. The molecule has 0 aliphatic carbocycles. The second kappa shape index (κ2) is 15.0. The number of rotatable bonds is 11. The summed E-state index contributed by atoms with van der Waals surface area (Å²) in [5.41, 5.74) is 8.75. The van der Waals surface area contributed by atoms with Crippen molar-refractivity contribution in [1.29, 1.82) is 0 Å². The van der Waals surface area contributed by atoms with Crippen molar-refractivity contribution in [3.8, 4) is 5.75 Å². The van der Waals surface area contributed by atoms with Crippen molar-refractivity contribution in [3.63, 3.8) is 0 Å². The first kappa shape index (κ1) is 27.2. The summed E-state index contributed by atoms with van der Waals surface area (Å²) in [6, 6.07) is 28.7. The molecule has 7 heteroatoms. The lowest BCUT2D eigenvalue weighted by Crippen LogP contribution is -2.38. The molecule has 34 heavy (non-hydrogen) atoms. The zero-order valence-electron chi connectivity index (χ0n) is 19.4. The zero-order chi connectivity index (χ0) is 23.3. The van der Waals surface area contributed by atoms with E-state index in [4.69, 9.17) is 15.5 Å². The van der Waals surface area contributed by atoms with Crippen LogP contribution in [0.4, 0.5) is 0 Å². The van der Waals surface area contributed by atoms with Gasteiger partial charge in [-0.15, -0.1) is 24.0 Å². The summed E-state index contributed by atoms with van der Waals surface area (Å²) in [6.45, 7) is 3.95. The lowest BCUT2D eigenvalue weighted by Gasteiger charge is -2.19. The monoisotopic (exact) mass is 572 g/mol. The molecule has 0 radical (unpaired) electrons. The molecular formula is C27H33IN4O2. The Bertz CT molecular complexity index is 990. The fourth-order valence-electron chi connectivity index (χ4n) is 3.63. The molecule has 4 N–H and O–H groups in total. The van der Waals surface area contributed by atoms with Gasteiger partial charge in [0.15, 0.2) is 12.6 Å². The molecule has 0 aliphatic rings. The molecule has 0 aliphatic heterocycles.